The lowest BCUT2D eigenvalue weighted by Crippen LogP contribution is -2.29. The Hall–Kier alpha value is -1.88. The Kier molecular flexibility index (Phi) is 2.98. The van der Waals surface area contributed by atoms with Crippen molar-refractivity contribution in [3.8, 4) is 0 Å². The molecule has 2 aromatic rings. The van der Waals surface area contributed by atoms with E-state index in [1.807, 2.05) is 13.0 Å². The molecule has 0 atom stereocenters. The highest BCUT2D eigenvalue weighted by Crippen LogP contribution is 2.37. The molecule has 1 aliphatic heterocycles. The summed E-state index contributed by atoms with van der Waals surface area (Å²) in [5.41, 5.74) is 3.71. The first-order valence-electron chi connectivity index (χ1n) is 6.21. The van der Waals surface area contributed by atoms with E-state index in [0.717, 1.165) is 30.1 Å². The van der Waals surface area contributed by atoms with Gasteiger partial charge in [-0.1, -0.05) is 24.3 Å². The quantitative estimate of drug-likeness (QED) is 0.621. The minimum absolute atomic E-state index is 0.228. The minimum atomic E-state index is -0.306. The molecule has 1 aliphatic rings. The summed E-state index contributed by atoms with van der Waals surface area (Å²) in [6.07, 6.45) is 1.00. The molecule has 3 rings (SSSR count). The summed E-state index contributed by atoms with van der Waals surface area (Å²) >= 11 is 1.28. The zero-order chi connectivity index (χ0) is 13.4. The summed E-state index contributed by atoms with van der Waals surface area (Å²) in [6, 6.07) is 10.1. The molecule has 2 heterocycles. The Balaban J connectivity index is 1.91. The summed E-state index contributed by atoms with van der Waals surface area (Å²) in [5, 5.41) is 12.1. The SMILES string of the molecule is Cc1cc([N+](=O)[O-])sc1N1CCc2ccccc2C1. The van der Waals surface area contributed by atoms with E-state index in [9.17, 15) is 10.1 Å². The highest BCUT2D eigenvalue weighted by Gasteiger charge is 2.22. The molecule has 5 heteroatoms. The summed E-state index contributed by atoms with van der Waals surface area (Å²) in [5.74, 6) is 0. The van der Waals surface area contributed by atoms with Gasteiger partial charge in [0.25, 0.3) is 0 Å². The van der Waals surface area contributed by atoms with Crippen molar-refractivity contribution in [1.82, 2.24) is 0 Å². The van der Waals surface area contributed by atoms with Gasteiger partial charge in [-0.3, -0.25) is 10.1 Å². The third-order valence-electron chi connectivity index (χ3n) is 3.48. The van der Waals surface area contributed by atoms with Crippen molar-refractivity contribution in [3.05, 3.63) is 57.1 Å². The molecule has 1 aromatic carbocycles. The van der Waals surface area contributed by atoms with Crippen LogP contribution in [0.3, 0.4) is 0 Å². The van der Waals surface area contributed by atoms with Gasteiger partial charge in [-0.25, -0.2) is 0 Å². The fraction of sp³-hybridized carbons (Fsp3) is 0.286. The van der Waals surface area contributed by atoms with E-state index in [2.05, 4.69) is 23.1 Å². The Morgan fingerprint density at radius 3 is 2.74 bits per heavy atom. The van der Waals surface area contributed by atoms with Crippen LogP contribution >= 0.6 is 11.3 Å². The normalized spacial score (nSPS) is 14.3. The fourth-order valence-corrected chi connectivity index (χ4v) is 3.54. The van der Waals surface area contributed by atoms with Crippen molar-refractivity contribution in [2.75, 3.05) is 11.4 Å². The molecule has 0 aliphatic carbocycles. The molecule has 0 bridgehead atoms. The van der Waals surface area contributed by atoms with Crippen molar-refractivity contribution in [1.29, 1.82) is 0 Å². The van der Waals surface area contributed by atoms with Gasteiger partial charge in [0, 0.05) is 19.2 Å². The number of hydrogen-bond donors (Lipinski definition) is 0. The summed E-state index contributed by atoms with van der Waals surface area (Å²) in [7, 11) is 0. The van der Waals surface area contributed by atoms with Crippen LogP contribution in [0.4, 0.5) is 10.0 Å². The van der Waals surface area contributed by atoms with Crippen LogP contribution in [0.2, 0.25) is 0 Å². The van der Waals surface area contributed by atoms with Gasteiger partial charge < -0.3 is 4.90 Å². The number of aryl methyl sites for hydroxylation is 1. The summed E-state index contributed by atoms with van der Waals surface area (Å²) in [6.45, 7) is 3.71. The molecule has 0 fully saturated rings. The van der Waals surface area contributed by atoms with Crippen LogP contribution in [0.25, 0.3) is 0 Å². The van der Waals surface area contributed by atoms with Gasteiger partial charge in [-0.05, 0) is 41.4 Å². The van der Waals surface area contributed by atoms with Gasteiger partial charge in [0.15, 0.2) is 0 Å². The van der Waals surface area contributed by atoms with Gasteiger partial charge in [0.2, 0.25) is 0 Å². The molecule has 4 nitrogen and oxygen atoms in total. The first-order valence-corrected chi connectivity index (χ1v) is 7.03. The fourth-order valence-electron chi connectivity index (χ4n) is 2.53. The Morgan fingerprint density at radius 1 is 1.32 bits per heavy atom. The van der Waals surface area contributed by atoms with Crippen molar-refractivity contribution >= 4 is 21.3 Å². The zero-order valence-corrected chi connectivity index (χ0v) is 11.4. The van der Waals surface area contributed by atoms with Crippen LogP contribution in [0.5, 0.6) is 0 Å². The second-order valence-corrected chi connectivity index (χ2v) is 5.78. The van der Waals surface area contributed by atoms with E-state index in [1.165, 1.54) is 22.5 Å². The van der Waals surface area contributed by atoms with Crippen LogP contribution in [-0.4, -0.2) is 11.5 Å². The second kappa shape index (κ2) is 4.66. The third kappa shape index (κ3) is 2.21. The standard InChI is InChI=1S/C14H14N2O2S/c1-10-8-13(16(17)18)19-14(10)15-7-6-11-4-2-3-5-12(11)9-15/h2-5,8H,6-7,9H2,1H3. The number of fused-ring (bicyclic) bond motifs is 1. The van der Waals surface area contributed by atoms with Crippen LogP contribution < -0.4 is 4.90 Å². The minimum Gasteiger partial charge on any atom is -0.358 e. The topological polar surface area (TPSA) is 46.4 Å². The maximum Gasteiger partial charge on any atom is 0.326 e. The van der Waals surface area contributed by atoms with Gasteiger partial charge >= 0.3 is 5.00 Å². The predicted octanol–water partition coefficient (Wildman–Crippen LogP) is 3.53. The second-order valence-electron chi connectivity index (χ2n) is 4.77. The molecular formula is C14H14N2O2S. The van der Waals surface area contributed by atoms with Gasteiger partial charge in [-0.2, -0.15) is 0 Å². The van der Waals surface area contributed by atoms with Gasteiger partial charge in [-0.15, -0.1) is 0 Å². The lowest BCUT2D eigenvalue weighted by molar-refractivity contribution is -0.380. The molecule has 98 valence electrons. The Bertz CT molecular complexity index is 636. The smallest absolute Gasteiger partial charge is 0.326 e. The summed E-state index contributed by atoms with van der Waals surface area (Å²) < 4.78 is 0. The predicted molar refractivity (Wildman–Crippen MR) is 76.9 cm³/mol. The van der Waals surface area contributed by atoms with Gasteiger partial charge in [0.05, 0.1) is 4.92 Å². The molecule has 0 N–H and O–H groups in total. The molecule has 19 heavy (non-hydrogen) atoms. The lowest BCUT2D eigenvalue weighted by atomic mass is 10.00. The Morgan fingerprint density at radius 2 is 2.05 bits per heavy atom. The highest BCUT2D eigenvalue weighted by atomic mass is 32.1. The number of rotatable bonds is 2. The number of thiophene rings is 1. The number of benzene rings is 1. The maximum atomic E-state index is 10.8. The average Bonchev–Trinajstić information content (AvgIpc) is 2.80. The molecule has 1 aromatic heterocycles. The number of hydrogen-bond acceptors (Lipinski definition) is 4. The van der Waals surface area contributed by atoms with E-state index in [0.29, 0.717) is 0 Å². The van der Waals surface area contributed by atoms with Crippen LogP contribution in [-0.2, 0) is 13.0 Å². The number of nitro groups is 1. The third-order valence-corrected chi connectivity index (χ3v) is 4.73. The Labute approximate surface area is 115 Å². The van der Waals surface area contributed by atoms with Crippen molar-refractivity contribution in [3.63, 3.8) is 0 Å². The average molecular weight is 274 g/mol. The molecule has 0 spiro atoms. The molecule has 0 saturated carbocycles. The molecule has 0 unspecified atom stereocenters. The molecule has 0 radical (unpaired) electrons. The first-order chi connectivity index (χ1) is 9.15. The van der Waals surface area contributed by atoms with Crippen molar-refractivity contribution in [2.24, 2.45) is 0 Å². The van der Waals surface area contributed by atoms with Crippen molar-refractivity contribution < 1.29 is 4.92 Å². The monoisotopic (exact) mass is 274 g/mol. The molecule has 0 amide bonds. The number of anilines is 1. The van der Waals surface area contributed by atoms with E-state index in [-0.39, 0.29) is 9.92 Å². The maximum absolute atomic E-state index is 10.8. The lowest BCUT2D eigenvalue weighted by Gasteiger charge is -2.29. The summed E-state index contributed by atoms with van der Waals surface area (Å²) in [4.78, 5) is 12.8. The zero-order valence-electron chi connectivity index (χ0n) is 10.6. The van der Waals surface area contributed by atoms with Crippen LogP contribution in [0.15, 0.2) is 30.3 Å². The molecular weight excluding hydrogens is 260 g/mol. The van der Waals surface area contributed by atoms with Gasteiger partial charge in [0.1, 0.15) is 5.00 Å². The first kappa shape index (κ1) is 12.2. The van der Waals surface area contributed by atoms with Crippen LogP contribution in [0.1, 0.15) is 16.7 Å². The number of nitrogens with zero attached hydrogens (tertiary/aromatic N) is 2. The van der Waals surface area contributed by atoms with Crippen molar-refractivity contribution in [2.45, 2.75) is 19.9 Å². The van der Waals surface area contributed by atoms with E-state index in [4.69, 9.17) is 0 Å². The van der Waals surface area contributed by atoms with E-state index in [1.54, 1.807) is 6.07 Å². The molecule has 0 saturated heterocycles. The van der Waals surface area contributed by atoms with E-state index < -0.39 is 0 Å². The largest absolute Gasteiger partial charge is 0.358 e. The highest BCUT2D eigenvalue weighted by molar-refractivity contribution is 7.19. The van der Waals surface area contributed by atoms with E-state index >= 15 is 0 Å². The van der Waals surface area contributed by atoms with Crippen LogP contribution in [0, 0.1) is 17.0 Å².